The number of fused-ring (bicyclic) bond motifs is 3. The molecular formula is C21H19N3O3S. The molecule has 0 amide bonds. The fourth-order valence-corrected chi connectivity index (χ4v) is 4.75. The molecule has 6 nitrogen and oxygen atoms in total. The van der Waals surface area contributed by atoms with Crippen LogP contribution in [0.4, 0.5) is 0 Å². The van der Waals surface area contributed by atoms with Gasteiger partial charge in [-0.2, -0.15) is 5.10 Å². The Hall–Kier alpha value is -2.74. The van der Waals surface area contributed by atoms with Gasteiger partial charge >= 0.3 is 0 Å². The lowest BCUT2D eigenvalue weighted by Gasteiger charge is -2.26. The molecule has 1 aromatic carbocycles. The van der Waals surface area contributed by atoms with Crippen LogP contribution in [0.2, 0.25) is 0 Å². The van der Waals surface area contributed by atoms with Crippen molar-refractivity contribution in [2.24, 2.45) is 7.05 Å². The van der Waals surface area contributed by atoms with Crippen LogP contribution in [0, 0.1) is 0 Å². The van der Waals surface area contributed by atoms with Crippen molar-refractivity contribution >= 4 is 21.4 Å². The van der Waals surface area contributed by atoms with Crippen LogP contribution in [0.5, 0.6) is 0 Å². The molecule has 4 aromatic rings. The summed E-state index contributed by atoms with van der Waals surface area (Å²) in [6, 6.07) is 14.0. The van der Waals surface area contributed by atoms with Gasteiger partial charge in [-0.3, -0.25) is 9.48 Å². The van der Waals surface area contributed by atoms with Crippen LogP contribution in [-0.2, 0) is 29.7 Å². The van der Waals surface area contributed by atoms with Crippen LogP contribution in [0.3, 0.4) is 0 Å². The number of ether oxygens (including phenoxy) is 2. The maximum atomic E-state index is 12.8. The molecule has 3 aromatic heterocycles. The number of hydrogen-bond donors (Lipinski definition) is 1. The zero-order valence-corrected chi connectivity index (χ0v) is 16.2. The van der Waals surface area contributed by atoms with Crippen molar-refractivity contribution in [2.75, 3.05) is 6.61 Å². The Bertz CT molecular complexity index is 1190. The Morgan fingerprint density at radius 1 is 1.32 bits per heavy atom. The summed E-state index contributed by atoms with van der Waals surface area (Å²) >= 11 is 1.48. The standard InChI is InChI=1S/C21H19N3O3S/c1-24-16(7-8-22-24)18-9-14-15-11-26-12-17(19(15)23-21(25)20(14)28-18)27-10-13-5-3-2-4-6-13/h2-9,17H,10-12H2,1H3,(H,23,25). The summed E-state index contributed by atoms with van der Waals surface area (Å²) in [7, 11) is 1.90. The number of benzene rings is 1. The normalized spacial score (nSPS) is 16.4. The van der Waals surface area contributed by atoms with Crippen LogP contribution in [-0.4, -0.2) is 21.4 Å². The zero-order valence-electron chi connectivity index (χ0n) is 15.3. The molecule has 0 bridgehead atoms. The van der Waals surface area contributed by atoms with Gasteiger partial charge in [-0.15, -0.1) is 11.3 Å². The van der Waals surface area contributed by atoms with E-state index in [1.54, 1.807) is 6.20 Å². The van der Waals surface area contributed by atoms with Crippen molar-refractivity contribution in [3.05, 3.63) is 75.8 Å². The topological polar surface area (TPSA) is 69.1 Å². The second-order valence-electron chi connectivity index (χ2n) is 6.84. The Labute approximate surface area is 165 Å². The van der Waals surface area contributed by atoms with Crippen molar-refractivity contribution in [2.45, 2.75) is 19.3 Å². The molecule has 1 unspecified atom stereocenters. The maximum Gasteiger partial charge on any atom is 0.266 e. The summed E-state index contributed by atoms with van der Waals surface area (Å²) in [4.78, 5) is 16.8. The predicted octanol–water partition coefficient (Wildman–Crippen LogP) is 3.78. The molecule has 0 radical (unpaired) electrons. The molecule has 0 fully saturated rings. The Kier molecular flexibility index (Phi) is 4.35. The molecule has 0 saturated carbocycles. The largest absolute Gasteiger partial charge is 0.374 e. The molecule has 1 aliphatic heterocycles. The highest BCUT2D eigenvalue weighted by atomic mass is 32.1. The molecular weight excluding hydrogens is 374 g/mol. The minimum atomic E-state index is -0.291. The minimum Gasteiger partial charge on any atom is -0.374 e. The predicted molar refractivity (Wildman–Crippen MR) is 108 cm³/mol. The quantitative estimate of drug-likeness (QED) is 0.573. The molecule has 28 heavy (non-hydrogen) atoms. The number of nitrogens with one attached hydrogen (secondary N) is 1. The molecule has 1 aliphatic rings. The first kappa shape index (κ1) is 17.4. The van der Waals surface area contributed by atoms with E-state index in [1.165, 1.54) is 11.3 Å². The second-order valence-corrected chi connectivity index (χ2v) is 7.89. The first-order valence-corrected chi connectivity index (χ1v) is 9.92. The molecule has 142 valence electrons. The maximum absolute atomic E-state index is 12.8. The van der Waals surface area contributed by atoms with Crippen molar-refractivity contribution in [1.82, 2.24) is 14.8 Å². The van der Waals surface area contributed by atoms with Gasteiger partial charge in [0.1, 0.15) is 10.8 Å². The summed E-state index contributed by atoms with van der Waals surface area (Å²) < 4.78 is 14.4. The summed E-state index contributed by atoms with van der Waals surface area (Å²) in [5.41, 5.74) is 3.83. The first-order chi connectivity index (χ1) is 13.7. The molecule has 7 heteroatoms. The number of aromatic nitrogens is 3. The van der Waals surface area contributed by atoms with E-state index in [2.05, 4.69) is 16.1 Å². The summed E-state index contributed by atoms with van der Waals surface area (Å²) in [6.45, 7) is 1.37. The smallest absolute Gasteiger partial charge is 0.266 e. The summed E-state index contributed by atoms with van der Waals surface area (Å²) in [5, 5.41) is 5.17. The third kappa shape index (κ3) is 2.97. The van der Waals surface area contributed by atoms with Gasteiger partial charge in [-0.05, 0) is 17.7 Å². The summed E-state index contributed by atoms with van der Waals surface area (Å²) in [6.07, 6.45) is 1.47. The Morgan fingerprint density at radius 3 is 2.96 bits per heavy atom. The molecule has 0 saturated heterocycles. The van der Waals surface area contributed by atoms with E-state index in [0.717, 1.165) is 32.8 Å². The van der Waals surface area contributed by atoms with Gasteiger partial charge in [0.25, 0.3) is 5.56 Å². The van der Waals surface area contributed by atoms with E-state index in [9.17, 15) is 4.79 Å². The number of aryl methyl sites for hydroxylation is 1. The van der Waals surface area contributed by atoms with Gasteiger partial charge in [-0.25, -0.2) is 0 Å². The Morgan fingerprint density at radius 2 is 2.18 bits per heavy atom. The highest BCUT2D eigenvalue weighted by molar-refractivity contribution is 7.22. The number of nitrogens with zero attached hydrogens (tertiary/aromatic N) is 2. The number of hydrogen-bond acceptors (Lipinski definition) is 5. The van der Waals surface area contributed by atoms with Gasteiger partial charge in [0.05, 0.1) is 36.1 Å². The number of thiophene rings is 1. The average Bonchev–Trinajstić information content (AvgIpc) is 3.34. The van der Waals surface area contributed by atoms with E-state index in [1.807, 2.05) is 48.1 Å². The van der Waals surface area contributed by atoms with Crippen molar-refractivity contribution in [1.29, 1.82) is 0 Å². The molecule has 1 atom stereocenters. The van der Waals surface area contributed by atoms with Crippen LogP contribution in [0.25, 0.3) is 20.7 Å². The van der Waals surface area contributed by atoms with E-state index < -0.39 is 0 Å². The fraction of sp³-hybridized carbons (Fsp3) is 0.238. The fourth-order valence-electron chi connectivity index (χ4n) is 3.61. The number of rotatable bonds is 4. The first-order valence-electron chi connectivity index (χ1n) is 9.11. The minimum absolute atomic E-state index is 0.0811. The van der Waals surface area contributed by atoms with Crippen LogP contribution < -0.4 is 5.56 Å². The lowest BCUT2D eigenvalue weighted by molar-refractivity contribution is -0.0472. The van der Waals surface area contributed by atoms with Gasteiger partial charge in [0.2, 0.25) is 0 Å². The highest BCUT2D eigenvalue weighted by Gasteiger charge is 2.26. The monoisotopic (exact) mass is 393 g/mol. The molecule has 0 aliphatic carbocycles. The Balaban J connectivity index is 1.54. The molecule has 0 spiro atoms. The number of H-pyrrole nitrogens is 1. The molecule has 5 rings (SSSR count). The second kappa shape index (κ2) is 7.01. The van der Waals surface area contributed by atoms with Crippen LogP contribution in [0.15, 0.2) is 53.5 Å². The lowest BCUT2D eigenvalue weighted by Crippen LogP contribution is -2.24. The van der Waals surface area contributed by atoms with E-state index in [4.69, 9.17) is 9.47 Å². The van der Waals surface area contributed by atoms with Gasteiger partial charge in [0, 0.05) is 24.2 Å². The molecule has 1 N–H and O–H groups in total. The van der Waals surface area contributed by atoms with Gasteiger partial charge < -0.3 is 14.5 Å². The zero-order chi connectivity index (χ0) is 19.1. The average molecular weight is 393 g/mol. The van der Waals surface area contributed by atoms with Crippen molar-refractivity contribution in [3.8, 4) is 10.6 Å². The van der Waals surface area contributed by atoms with Crippen LogP contribution >= 0.6 is 11.3 Å². The molecule has 4 heterocycles. The third-order valence-electron chi connectivity index (χ3n) is 5.04. The van der Waals surface area contributed by atoms with E-state index in [-0.39, 0.29) is 11.7 Å². The summed E-state index contributed by atoms with van der Waals surface area (Å²) in [5.74, 6) is 0. The van der Waals surface area contributed by atoms with Crippen molar-refractivity contribution in [3.63, 3.8) is 0 Å². The SMILES string of the molecule is Cn1nccc1-c1cc2c3c([nH]c(=O)c2s1)C(OCc1ccccc1)COC3. The number of aromatic amines is 1. The third-order valence-corrected chi connectivity index (χ3v) is 6.20. The van der Waals surface area contributed by atoms with E-state index in [0.29, 0.717) is 24.5 Å². The van der Waals surface area contributed by atoms with Gasteiger partial charge in [-0.1, -0.05) is 30.3 Å². The van der Waals surface area contributed by atoms with Gasteiger partial charge in [0.15, 0.2) is 0 Å². The van der Waals surface area contributed by atoms with Crippen LogP contribution in [0.1, 0.15) is 22.9 Å². The number of pyridine rings is 1. The lowest BCUT2D eigenvalue weighted by atomic mass is 10.0. The van der Waals surface area contributed by atoms with Crippen molar-refractivity contribution < 1.29 is 9.47 Å². The van der Waals surface area contributed by atoms with E-state index >= 15 is 0 Å². The highest BCUT2D eigenvalue weighted by Crippen LogP contribution is 2.37.